The molecule has 0 saturated carbocycles. The number of aromatic nitrogens is 3. The fraction of sp³-hybridized carbons (Fsp3) is 0. The Kier molecular flexibility index (Phi) is 4.44. The van der Waals surface area contributed by atoms with Crippen LogP contribution in [0.2, 0.25) is 0 Å². The Morgan fingerprint density at radius 3 is 1.36 bits per heavy atom. The maximum Gasteiger partial charge on any atom is 0.507 e. The van der Waals surface area contributed by atoms with Crippen LogP contribution >= 0.6 is 7.91 Å². The van der Waals surface area contributed by atoms with Gasteiger partial charge in [0, 0.05) is 0 Å². The maximum atomic E-state index is 10.4. The van der Waals surface area contributed by atoms with Gasteiger partial charge in [-0.3, -0.25) is 9.79 Å². The number of hydrogen-bond donors (Lipinski definition) is 2. The number of halogens is 1. The molecule has 2 N–H and O–H groups in total. The van der Waals surface area contributed by atoms with Gasteiger partial charge in [0.2, 0.25) is 0 Å². The van der Waals surface area contributed by atoms with Crippen LogP contribution in [0.5, 0.6) is 0 Å². The van der Waals surface area contributed by atoms with Gasteiger partial charge in [0.25, 0.3) is 0 Å². The summed E-state index contributed by atoms with van der Waals surface area (Å²) in [5.74, 6) is 0. The standard InChI is InChI=1S/C3H3N3.FH2O3P/c1-4-2-6-3-5-1;1-5(2,3)4/h1-3H;(H2,2,3,4). The molecule has 0 radical (unpaired) electrons. The van der Waals surface area contributed by atoms with Crippen LogP contribution in [0.4, 0.5) is 4.20 Å². The molecule has 0 aliphatic rings. The molecule has 0 spiro atoms. The molecule has 0 amide bonds. The van der Waals surface area contributed by atoms with Crippen molar-refractivity contribution in [3.05, 3.63) is 19.0 Å². The molecule has 0 atom stereocenters. The second-order valence-electron chi connectivity index (χ2n) is 1.27. The summed E-state index contributed by atoms with van der Waals surface area (Å²) in [5, 5.41) is 0. The lowest BCUT2D eigenvalue weighted by Gasteiger charge is -1.77. The summed E-state index contributed by atoms with van der Waals surface area (Å²) in [6, 6.07) is 0. The van der Waals surface area contributed by atoms with Gasteiger partial charge in [0.15, 0.2) is 0 Å². The lowest BCUT2D eigenvalue weighted by atomic mass is 11.1. The molecule has 1 heterocycles. The summed E-state index contributed by atoms with van der Waals surface area (Å²) in [7, 11) is -5.14. The van der Waals surface area contributed by atoms with E-state index in [1.54, 1.807) is 0 Å². The maximum absolute atomic E-state index is 10.4. The molecule has 11 heavy (non-hydrogen) atoms. The molecule has 0 aliphatic heterocycles. The van der Waals surface area contributed by atoms with E-state index in [-0.39, 0.29) is 0 Å². The summed E-state index contributed by atoms with van der Waals surface area (Å²) in [6.45, 7) is 0. The van der Waals surface area contributed by atoms with Crippen LogP contribution in [0.1, 0.15) is 0 Å². The summed E-state index contributed by atoms with van der Waals surface area (Å²) >= 11 is 0. The monoisotopic (exact) mass is 181 g/mol. The highest BCUT2D eigenvalue weighted by Gasteiger charge is 2.04. The van der Waals surface area contributed by atoms with Gasteiger partial charge in [-0.2, -0.15) is 0 Å². The number of nitrogens with zero attached hydrogens (tertiary/aromatic N) is 3. The molecule has 1 rings (SSSR count). The molecule has 1 aromatic heterocycles. The molecule has 0 unspecified atom stereocenters. The van der Waals surface area contributed by atoms with Crippen molar-refractivity contribution in [3.63, 3.8) is 0 Å². The van der Waals surface area contributed by atoms with Crippen molar-refractivity contribution in [3.8, 4) is 0 Å². The van der Waals surface area contributed by atoms with Crippen molar-refractivity contribution in [1.29, 1.82) is 0 Å². The van der Waals surface area contributed by atoms with Crippen LogP contribution in [0.15, 0.2) is 19.0 Å². The minimum absolute atomic E-state index is 1.44. The molecule has 0 fully saturated rings. The van der Waals surface area contributed by atoms with Gasteiger partial charge < -0.3 is 0 Å². The normalized spacial score (nSPS) is 9.73. The van der Waals surface area contributed by atoms with Crippen molar-refractivity contribution in [2.75, 3.05) is 0 Å². The SMILES string of the molecule is O=P(O)(O)F.c1ncncn1. The van der Waals surface area contributed by atoms with Gasteiger partial charge in [-0.15, -0.1) is 4.20 Å². The van der Waals surface area contributed by atoms with E-state index >= 15 is 0 Å². The van der Waals surface area contributed by atoms with E-state index < -0.39 is 7.91 Å². The summed E-state index contributed by atoms with van der Waals surface area (Å²) in [5.41, 5.74) is 0. The van der Waals surface area contributed by atoms with Gasteiger partial charge in [0.05, 0.1) is 0 Å². The first kappa shape index (κ1) is 10.1. The minimum Gasteiger partial charge on any atom is -0.299 e. The Hall–Kier alpha value is -0.910. The van der Waals surface area contributed by atoms with Crippen molar-refractivity contribution >= 4 is 7.91 Å². The van der Waals surface area contributed by atoms with Gasteiger partial charge in [0.1, 0.15) is 19.0 Å². The second kappa shape index (κ2) is 4.84. The van der Waals surface area contributed by atoms with Crippen LogP contribution in [0.25, 0.3) is 0 Å². The summed E-state index contributed by atoms with van der Waals surface area (Å²) in [6.07, 6.45) is 4.31. The van der Waals surface area contributed by atoms with Crippen LogP contribution in [-0.4, -0.2) is 24.7 Å². The van der Waals surface area contributed by atoms with Crippen molar-refractivity contribution < 1.29 is 18.5 Å². The molecular formula is C3H5FN3O3P. The van der Waals surface area contributed by atoms with Gasteiger partial charge in [-0.1, -0.05) is 0 Å². The van der Waals surface area contributed by atoms with E-state index in [4.69, 9.17) is 14.4 Å². The first-order valence-electron chi connectivity index (χ1n) is 2.30. The van der Waals surface area contributed by atoms with E-state index in [1.165, 1.54) is 19.0 Å². The highest BCUT2D eigenvalue weighted by Crippen LogP contribution is 2.34. The summed E-state index contributed by atoms with van der Waals surface area (Å²) in [4.78, 5) is 24.6. The fourth-order valence-electron chi connectivity index (χ4n) is 0.205. The van der Waals surface area contributed by atoms with Crippen LogP contribution < -0.4 is 0 Å². The predicted octanol–water partition coefficient (Wildman–Crippen LogP) is -0.0798. The van der Waals surface area contributed by atoms with Crippen molar-refractivity contribution in [1.82, 2.24) is 15.0 Å². The van der Waals surface area contributed by atoms with Crippen LogP contribution in [0.3, 0.4) is 0 Å². The number of hydrogen-bond acceptors (Lipinski definition) is 4. The molecule has 1 aromatic rings. The van der Waals surface area contributed by atoms with E-state index in [0.717, 1.165) is 0 Å². The molecule has 0 aliphatic carbocycles. The molecule has 0 aromatic carbocycles. The Morgan fingerprint density at radius 2 is 1.27 bits per heavy atom. The highest BCUT2D eigenvalue weighted by molar-refractivity contribution is 7.45. The smallest absolute Gasteiger partial charge is 0.299 e. The average Bonchev–Trinajstić information content (AvgIpc) is 1.88. The Labute approximate surface area is 61.4 Å². The third kappa shape index (κ3) is 17.6. The molecule has 62 valence electrons. The average molecular weight is 181 g/mol. The molecule has 6 nitrogen and oxygen atoms in total. The van der Waals surface area contributed by atoms with E-state index in [0.29, 0.717) is 0 Å². The van der Waals surface area contributed by atoms with Gasteiger partial charge in [-0.05, 0) is 0 Å². The molecule has 0 bridgehead atoms. The molecule has 0 saturated heterocycles. The predicted molar refractivity (Wildman–Crippen MR) is 33.0 cm³/mol. The lowest BCUT2D eigenvalue weighted by molar-refractivity contribution is 0.322. The van der Waals surface area contributed by atoms with Crippen molar-refractivity contribution in [2.45, 2.75) is 0 Å². The van der Waals surface area contributed by atoms with Crippen molar-refractivity contribution in [2.24, 2.45) is 0 Å². The third-order valence-corrected chi connectivity index (χ3v) is 0.400. The first-order chi connectivity index (χ1) is 5.00. The quantitative estimate of drug-likeness (QED) is 0.543. The lowest BCUT2D eigenvalue weighted by Crippen LogP contribution is -1.73. The Balaban J connectivity index is 0.000000187. The zero-order valence-electron chi connectivity index (χ0n) is 5.20. The first-order valence-corrected chi connectivity index (χ1v) is 3.80. The minimum atomic E-state index is -5.14. The summed E-state index contributed by atoms with van der Waals surface area (Å²) < 4.78 is 19.0. The Bertz CT molecular complexity index is 192. The highest BCUT2D eigenvalue weighted by atomic mass is 31.2. The molecular weight excluding hydrogens is 176 g/mol. The third-order valence-electron chi connectivity index (χ3n) is 0.400. The Morgan fingerprint density at radius 1 is 1.09 bits per heavy atom. The van der Waals surface area contributed by atoms with Crippen LogP contribution in [-0.2, 0) is 4.57 Å². The number of rotatable bonds is 0. The van der Waals surface area contributed by atoms with Gasteiger partial charge >= 0.3 is 7.91 Å². The topological polar surface area (TPSA) is 96.2 Å². The zero-order valence-corrected chi connectivity index (χ0v) is 6.10. The van der Waals surface area contributed by atoms with E-state index in [9.17, 15) is 4.20 Å². The van der Waals surface area contributed by atoms with E-state index in [1.807, 2.05) is 0 Å². The molecule has 8 heteroatoms. The fourth-order valence-corrected chi connectivity index (χ4v) is 0.205. The van der Waals surface area contributed by atoms with E-state index in [2.05, 4.69) is 15.0 Å². The van der Waals surface area contributed by atoms with Gasteiger partial charge in [-0.25, -0.2) is 19.5 Å². The van der Waals surface area contributed by atoms with Crippen LogP contribution in [0, 0.1) is 0 Å². The second-order valence-corrected chi connectivity index (χ2v) is 2.21. The largest absolute Gasteiger partial charge is 0.507 e. The zero-order chi connectivity index (χ0) is 8.74.